The van der Waals surface area contributed by atoms with Crippen molar-refractivity contribution < 1.29 is 16.4 Å². The zero-order valence-electron chi connectivity index (χ0n) is 71.3. The maximum absolute atomic E-state index is 11.9. The van der Waals surface area contributed by atoms with Gasteiger partial charge in [0.2, 0.25) is 0 Å². The molecule has 0 fully saturated rings. The van der Waals surface area contributed by atoms with Gasteiger partial charge in [0, 0.05) is 77.8 Å². The molecule has 0 saturated carbocycles. The Kier molecular flexibility index (Phi) is 11.3. The monoisotopic (exact) mass is 1330 g/mol. The summed E-state index contributed by atoms with van der Waals surface area (Å²) in [5.41, 5.74) is 16.6. The van der Waals surface area contributed by atoms with Gasteiger partial charge in [0.25, 0.3) is 6.71 Å². The minimum absolute atomic E-state index is 0.0372. The number of benzene rings is 13. The van der Waals surface area contributed by atoms with Crippen LogP contribution in [0.3, 0.4) is 0 Å². The Bertz CT molecular complexity index is 6750. The lowest BCUT2D eigenvalue weighted by Gasteiger charge is -2.45. The average Bonchev–Trinajstić information content (AvgIpc) is 0.763. The van der Waals surface area contributed by atoms with E-state index in [0.717, 1.165) is 99.4 Å². The minimum atomic E-state index is -0.730. The Morgan fingerprint density at radius 2 is 0.745 bits per heavy atom. The number of anilines is 6. The van der Waals surface area contributed by atoms with E-state index in [2.05, 4.69) is 190 Å². The SMILES string of the molecule is [2H]c1c([2H])c(C(C)(C)C)c([2H])c([2H])c1-c1cc(-c2ccccc2)cc(N2c3cc(-n4c5ccc(C(C)(C)C)cc5c5cc(C(C)(C)C)ccc54)ccc3B3c4ccc(-n5c6c([2H])c([2H])c([2H])c([2H])c6c6c([2H])c([2H])c([2H])c([2H])c65)cc4N(c4cc(-n5c6ccccc6c6ccccc65)ccc4C#N)c4cc(C(C)(C)C)cc2c43)c1. The van der Waals surface area contributed by atoms with Crippen molar-refractivity contribution in [1.82, 2.24) is 13.7 Å². The molecule has 0 unspecified atom stereocenters. The summed E-state index contributed by atoms with van der Waals surface area (Å²) in [7, 11) is 0. The lowest BCUT2D eigenvalue weighted by atomic mass is 9.33. The molecule has 0 saturated heterocycles. The second kappa shape index (κ2) is 22.7. The normalized spacial score (nSPS) is 14.9. The number of rotatable bonds is 7. The molecule has 7 heteroatoms. The van der Waals surface area contributed by atoms with Crippen molar-refractivity contribution in [3.63, 3.8) is 0 Å². The molecule has 0 atom stereocenters. The molecule has 0 spiro atoms. The quantitative estimate of drug-likeness (QED) is 0.149. The van der Waals surface area contributed by atoms with Crippen molar-refractivity contribution in [1.29, 1.82) is 5.26 Å². The maximum atomic E-state index is 11.9. The van der Waals surface area contributed by atoms with Gasteiger partial charge in [0.05, 0.1) is 60.8 Å². The van der Waals surface area contributed by atoms with Crippen molar-refractivity contribution in [2.24, 2.45) is 0 Å². The fraction of sp³-hybridized carbons (Fsp3) is 0.168. The van der Waals surface area contributed by atoms with Crippen molar-refractivity contribution in [2.45, 2.75) is 105 Å². The van der Waals surface area contributed by atoms with Crippen LogP contribution in [0, 0.1) is 11.3 Å². The topological polar surface area (TPSA) is 45.1 Å². The third kappa shape index (κ3) is 9.89. The smallest absolute Gasteiger partial charge is 0.252 e. The summed E-state index contributed by atoms with van der Waals surface area (Å²) in [6, 6.07) is 67.2. The first-order valence-corrected chi connectivity index (χ1v) is 35.1. The van der Waals surface area contributed by atoms with Crippen LogP contribution in [-0.4, -0.2) is 20.4 Å². The van der Waals surface area contributed by atoms with Gasteiger partial charge in [-0.25, -0.2) is 0 Å². The molecule has 16 aromatic rings. The summed E-state index contributed by atoms with van der Waals surface area (Å²) in [4.78, 5) is 4.44. The molecule has 5 heterocycles. The molecule has 0 N–H and O–H groups in total. The first-order valence-electron chi connectivity index (χ1n) is 41.1. The highest BCUT2D eigenvalue weighted by atomic mass is 15.2. The fourth-order valence-corrected chi connectivity index (χ4v) is 15.8. The van der Waals surface area contributed by atoms with Crippen LogP contribution in [0.1, 0.15) is 127 Å². The highest BCUT2D eigenvalue weighted by molar-refractivity contribution is 7.00. The Balaban J connectivity index is 1.01. The van der Waals surface area contributed by atoms with Gasteiger partial charge in [-0.15, -0.1) is 0 Å². The van der Waals surface area contributed by atoms with Crippen LogP contribution in [-0.2, 0) is 21.7 Å². The highest BCUT2D eigenvalue weighted by Gasteiger charge is 2.45. The summed E-state index contributed by atoms with van der Waals surface area (Å²) < 4.78 is 120. The zero-order chi connectivity index (χ0) is 80.5. The minimum Gasteiger partial charge on any atom is -0.311 e. The Labute approximate surface area is 615 Å². The van der Waals surface area contributed by atoms with Gasteiger partial charge in [-0.2, -0.15) is 5.26 Å². The second-order valence-corrected chi connectivity index (χ2v) is 31.7. The average molecular weight is 1330 g/mol. The van der Waals surface area contributed by atoms with Crippen molar-refractivity contribution >= 4 is 123 Å². The molecule has 13 aromatic carbocycles. The van der Waals surface area contributed by atoms with Crippen LogP contribution in [0.5, 0.6) is 0 Å². The Morgan fingerprint density at radius 3 is 1.26 bits per heavy atom. The predicted octanol–water partition coefficient (Wildman–Crippen LogP) is 23.5. The van der Waals surface area contributed by atoms with Crippen molar-refractivity contribution in [3.8, 4) is 45.4 Å². The van der Waals surface area contributed by atoms with E-state index in [1.165, 1.54) is 11.1 Å². The number of nitriles is 1. The van der Waals surface area contributed by atoms with E-state index in [-0.39, 0.29) is 62.4 Å². The van der Waals surface area contributed by atoms with Gasteiger partial charge in [-0.05, 0) is 204 Å². The van der Waals surface area contributed by atoms with E-state index in [0.29, 0.717) is 45.1 Å². The molecule has 0 amide bonds. The lowest BCUT2D eigenvalue weighted by molar-refractivity contribution is 0.590. The van der Waals surface area contributed by atoms with E-state index in [1.807, 2.05) is 118 Å². The van der Waals surface area contributed by atoms with Crippen LogP contribution < -0.4 is 26.2 Å². The maximum Gasteiger partial charge on any atom is 0.252 e. The largest absolute Gasteiger partial charge is 0.311 e. The van der Waals surface area contributed by atoms with Gasteiger partial charge in [0.15, 0.2) is 0 Å². The third-order valence-electron chi connectivity index (χ3n) is 21.1. The molecule has 494 valence electrons. The number of hydrogen-bond acceptors (Lipinski definition) is 3. The number of hydrogen-bond donors (Lipinski definition) is 0. The number of aromatic nitrogens is 3. The summed E-state index contributed by atoms with van der Waals surface area (Å²) in [5, 5.41) is 16.1. The van der Waals surface area contributed by atoms with Gasteiger partial charge < -0.3 is 23.5 Å². The lowest BCUT2D eigenvalue weighted by Crippen LogP contribution is -2.61. The van der Waals surface area contributed by atoms with E-state index in [4.69, 9.17) is 2.74 Å². The molecule has 2 aliphatic heterocycles. The van der Waals surface area contributed by atoms with Gasteiger partial charge in [-0.1, -0.05) is 235 Å². The molecule has 102 heavy (non-hydrogen) atoms. The summed E-state index contributed by atoms with van der Waals surface area (Å²) in [5.74, 6) is 0. The van der Waals surface area contributed by atoms with Crippen LogP contribution in [0.2, 0.25) is 0 Å². The Hall–Kier alpha value is -11.6. The Morgan fingerprint density at radius 1 is 0.304 bits per heavy atom. The summed E-state index contributed by atoms with van der Waals surface area (Å²) >= 11 is 0. The fourth-order valence-electron chi connectivity index (χ4n) is 15.8. The first kappa shape index (κ1) is 50.7. The van der Waals surface area contributed by atoms with Crippen LogP contribution in [0.4, 0.5) is 34.1 Å². The molecular formula is C95H81BN6. The van der Waals surface area contributed by atoms with Crippen molar-refractivity contribution in [2.75, 3.05) is 9.80 Å². The summed E-state index contributed by atoms with van der Waals surface area (Å²) in [6.45, 7) is 25.0. The van der Waals surface area contributed by atoms with Crippen LogP contribution >= 0.6 is 0 Å². The van der Waals surface area contributed by atoms with Gasteiger partial charge in [0.1, 0.15) is 6.07 Å². The number of nitrogens with zero attached hydrogens (tertiary/aromatic N) is 6. The first-order chi connectivity index (χ1) is 54.1. The zero-order valence-corrected chi connectivity index (χ0v) is 59.3. The van der Waals surface area contributed by atoms with E-state index < -0.39 is 65.9 Å². The molecule has 2 aliphatic rings. The molecule has 6 nitrogen and oxygen atoms in total. The van der Waals surface area contributed by atoms with E-state index in [9.17, 15) is 19.0 Å². The van der Waals surface area contributed by atoms with Gasteiger partial charge >= 0.3 is 0 Å². The second-order valence-electron chi connectivity index (χ2n) is 31.7. The molecule has 3 aromatic heterocycles. The van der Waals surface area contributed by atoms with Crippen molar-refractivity contribution in [3.05, 3.63) is 301 Å². The highest BCUT2D eigenvalue weighted by Crippen LogP contribution is 2.51. The molecule has 0 radical (unpaired) electrons. The predicted molar refractivity (Wildman–Crippen MR) is 434 cm³/mol. The number of para-hydroxylation sites is 4. The standard InChI is InChI=1S/C95H81BN6/c1-92(2,3)64-37-34-60(35-38-64)63-48-62(59-24-14-13-15-25-59)49-71(50-63)101-87-56-69(100-84-46-39-65(93(4,5)6)51-76(84)77-52-66(94(7,8)9)40-47-85(77)100)42-44-78(87)96-79-45-43-70(99-82-32-22-18-28-74(82)75-29-19-23-33-83(75)99)57-88(79)102(90-54-67(95(10,11)12)53-89(101)91(90)96)86-55-68(41-36-61(86)58-97)98-80-30-20-16-26-72(80)73-27-17-21-31-81(73)98/h13-57H,1-12H3/i18D,19D,22D,23D,28D,29D,32D,33D,34D,35D,37D,38D. The number of fused-ring (bicyclic) bond motifs is 13. The van der Waals surface area contributed by atoms with Gasteiger partial charge in [-0.3, -0.25) is 0 Å². The molecule has 0 bridgehead atoms. The van der Waals surface area contributed by atoms with E-state index >= 15 is 0 Å². The molecular weight excluding hydrogens is 1240 g/mol. The van der Waals surface area contributed by atoms with Crippen LogP contribution in [0.25, 0.3) is 105 Å². The van der Waals surface area contributed by atoms with E-state index in [1.54, 1.807) is 4.57 Å². The molecule has 18 rings (SSSR count). The summed E-state index contributed by atoms with van der Waals surface area (Å²) in [6.07, 6.45) is 0. The molecule has 0 aliphatic carbocycles. The van der Waals surface area contributed by atoms with Crippen LogP contribution in [0.15, 0.2) is 273 Å². The third-order valence-corrected chi connectivity index (χ3v) is 21.1.